The number of aromatic nitrogens is 4. The van der Waals surface area contributed by atoms with E-state index in [0.717, 1.165) is 74.6 Å². The number of benzene rings is 3. The smallest absolute Gasteiger partial charge is 0.329 e. The number of imide groups is 2. The molecule has 3 saturated heterocycles. The normalized spacial score (nSPS) is 25.4. The van der Waals surface area contributed by atoms with Crippen molar-refractivity contribution in [2.45, 2.75) is 82.0 Å². The molecule has 362 valence electrons. The van der Waals surface area contributed by atoms with E-state index in [0.29, 0.717) is 60.9 Å². The summed E-state index contributed by atoms with van der Waals surface area (Å²) < 4.78 is 1.99. The minimum absolute atomic E-state index is 0.00526. The average molecular weight is 950 g/mol. The molecule has 2 atom stereocenters. The molecule has 5 aromatic rings. The molecule has 0 radical (unpaired) electrons. The van der Waals surface area contributed by atoms with Crippen molar-refractivity contribution < 1.29 is 33.9 Å². The lowest BCUT2D eigenvalue weighted by molar-refractivity contribution is -0.158. The van der Waals surface area contributed by atoms with E-state index in [1.54, 1.807) is 28.7 Å². The van der Waals surface area contributed by atoms with Crippen LogP contribution in [0.15, 0.2) is 85.5 Å². The average Bonchev–Trinajstić information content (AvgIpc) is 3.89. The van der Waals surface area contributed by atoms with E-state index in [2.05, 4.69) is 30.8 Å². The summed E-state index contributed by atoms with van der Waals surface area (Å²) in [5, 5.41) is 22.3. The zero-order chi connectivity index (χ0) is 48.0. The summed E-state index contributed by atoms with van der Waals surface area (Å²) in [5.74, 6) is -3.43. The number of anilines is 3. The van der Waals surface area contributed by atoms with Crippen LogP contribution in [-0.2, 0) is 25.6 Å². The number of carboxylic acids is 1. The Hall–Kier alpha value is -7.29. The Morgan fingerprint density at radius 2 is 1.54 bits per heavy atom. The first-order valence-corrected chi connectivity index (χ1v) is 24.3. The Labute approximate surface area is 403 Å². The van der Waals surface area contributed by atoms with Crippen LogP contribution in [0.4, 0.5) is 17.2 Å². The summed E-state index contributed by atoms with van der Waals surface area (Å²) in [6.07, 6.45) is 8.38. The Balaban J connectivity index is 0.968. The molecule has 20 heteroatoms. The van der Waals surface area contributed by atoms with E-state index < -0.39 is 41.7 Å². The third-order valence-corrected chi connectivity index (χ3v) is 14.9. The topological polar surface area (TPSA) is 222 Å². The van der Waals surface area contributed by atoms with E-state index in [1.165, 1.54) is 12.4 Å². The number of carboxylic acid groups (broad SMARTS) is 1. The second-order valence-electron chi connectivity index (χ2n) is 19.2. The second-order valence-corrected chi connectivity index (χ2v) is 19.2. The summed E-state index contributed by atoms with van der Waals surface area (Å²) >= 11 is 0. The maximum atomic E-state index is 14.6. The van der Waals surface area contributed by atoms with Crippen LogP contribution >= 0.6 is 0 Å². The zero-order valence-electron chi connectivity index (χ0n) is 38.7. The van der Waals surface area contributed by atoms with Crippen LogP contribution in [-0.4, -0.2) is 138 Å². The van der Waals surface area contributed by atoms with Crippen molar-refractivity contribution >= 4 is 63.9 Å². The Morgan fingerprint density at radius 3 is 2.29 bits per heavy atom. The van der Waals surface area contributed by atoms with E-state index in [4.69, 9.17) is 9.97 Å². The first-order valence-electron chi connectivity index (χ1n) is 24.3. The number of piperidine rings is 2. The molecule has 11 heterocycles. The highest BCUT2D eigenvalue weighted by atomic mass is 16.4. The van der Waals surface area contributed by atoms with Gasteiger partial charge in [-0.15, -0.1) is 5.12 Å². The van der Waals surface area contributed by atoms with Gasteiger partial charge < -0.3 is 19.9 Å². The number of aliphatic carboxylic acids is 1. The van der Waals surface area contributed by atoms with Crippen molar-refractivity contribution in [2.24, 2.45) is 5.92 Å². The molecule has 1 saturated carbocycles. The molecular formula is C50H55N13O7. The fourth-order valence-corrected chi connectivity index (χ4v) is 11.1. The Bertz CT molecular complexity index is 2840. The summed E-state index contributed by atoms with van der Waals surface area (Å²) in [6, 6.07) is 19.3. The predicted molar refractivity (Wildman–Crippen MR) is 256 cm³/mol. The standard InChI is InChI=1S/C50H55N13O7/c64-40-16-15-39(47(66)55-40)61-48(67)38-10-4-9-37(42(38)49(61)68)44(50(69)70)63-59-20-17-31(18-21-59)8-5-19-57-22-24-58(25-23-57)34-11-13-35(14-12-34)62(63)56-45-43-46(52-29-51-45)60(30-53-43)36-27-33(28-36)54-41(65)26-32-6-2-1-3-7-32/h1-4,6-7,9-14,29-31,33,36,39,44H,5,8,15-28H2,(H,54,65)(H,69,70)(H,51,52,56)(H,55,64,66)/t33?,36?,39-,44-/m0/s1. The van der Waals surface area contributed by atoms with Crippen LogP contribution in [0.2, 0.25) is 0 Å². The van der Waals surface area contributed by atoms with Gasteiger partial charge in [0.15, 0.2) is 23.0 Å². The first kappa shape index (κ1) is 45.2. The van der Waals surface area contributed by atoms with Crippen molar-refractivity contribution in [3.63, 3.8) is 0 Å². The van der Waals surface area contributed by atoms with Gasteiger partial charge in [0.2, 0.25) is 17.7 Å². The maximum Gasteiger partial charge on any atom is 0.329 e. The number of imidazole rings is 1. The number of carbonyl (C=O) groups excluding carboxylic acids is 5. The predicted octanol–water partition coefficient (Wildman–Crippen LogP) is 3.71. The number of rotatable bonds is 10. The summed E-state index contributed by atoms with van der Waals surface area (Å²) in [5.41, 5.74) is 6.91. The molecule has 15 rings (SSSR count). The van der Waals surface area contributed by atoms with E-state index in [1.807, 2.05) is 64.2 Å². The maximum absolute atomic E-state index is 14.6. The van der Waals surface area contributed by atoms with Gasteiger partial charge in [-0.3, -0.25) is 49.3 Å². The molecular weight excluding hydrogens is 895 g/mol. The number of carbonyl (C=O) groups is 6. The molecule has 2 aromatic heterocycles. The second kappa shape index (κ2) is 18.9. The molecule has 6 bridgehead atoms. The van der Waals surface area contributed by atoms with Crippen LogP contribution in [0.25, 0.3) is 11.2 Å². The first-order chi connectivity index (χ1) is 34.1. The molecule has 9 aliphatic heterocycles. The Kier molecular flexibility index (Phi) is 12.2. The number of amides is 5. The number of hydrogen-bond acceptors (Lipinski definition) is 15. The monoisotopic (exact) mass is 949 g/mol. The van der Waals surface area contributed by atoms with Gasteiger partial charge in [0.05, 0.1) is 29.6 Å². The van der Waals surface area contributed by atoms with Crippen LogP contribution < -0.4 is 26.1 Å². The highest BCUT2D eigenvalue weighted by Crippen LogP contribution is 2.40. The van der Waals surface area contributed by atoms with Gasteiger partial charge in [-0.05, 0) is 98.9 Å². The van der Waals surface area contributed by atoms with Crippen LogP contribution in [0.5, 0.6) is 0 Å². The van der Waals surface area contributed by atoms with Crippen LogP contribution in [0.3, 0.4) is 0 Å². The van der Waals surface area contributed by atoms with Crippen LogP contribution in [0, 0.1) is 5.92 Å². The van der Waals surface area contributed by atoms with Gasteiger partial charge >= 0.3 is 5.97 Å². The number of nitrogens with one attached hydrogen (secondary N) is 3. The number of fused-ring (bicyclic) bond motifs is 3. The molecule has 70 heavy (non-hydrogen) atoms. The minimum atomic E-state index is -1.61. The van der Waals surface area contributed by atoms with Crippen molar-refractivity contribution in [3.8, 4) is 0 Å². The molecule has 4 fully saturated rings. The van der Waals surface area contributed by atoms with E-state index in [9.17, 15) is 33.9 Å². The molecule has 1 aliphatic carbocycles. The van der Waals surface area contributed by atoms with Crippen LogP contribution in [0.1, 0.15) is 95.3 Å². The van der Waals surface area contributed by atoms with Crippen molar-refractivity contribution in [3.05, 3.63) is 108 Å². The molecule has 0 spiro atoms. The van der Waals surface area contributed by atoms with Gasteiger partial charge in [-0.25, -0.2) is 25.1 Å². The SMILES string of the molecule is O=C1CC[C@H](N2C(=O)c3cccc([C@@H](C(=O)O)N4N5CCC(CCCN6CCN(CC6)c6ccc(cc6)N4Nc4ncnc6c4ncn6C4CC(NC(=O)Cc6ccccc6)C4)CC5)c3C2=O)C(=O)N1. The van der Waals surface area contributed by atoms with Gasteiger partial charge in [0.25, 0.3) is 11.8 Å². The summed E-state index contributed by atoms with van der Waals surface area (Å²) in [7, 11) is 0. The third kappa shape index (κ3) is 8.59. The fourth-order valence-electron chi connectivity index (χ4n) is 11.1. The van der Waals surface area contributed by atoms with E-state index in [-0.39, 0.29) is 47.5 Å². The highest BCUT2D eigenvalue weighted by Gasteiger charge is 2.49. The number of piperazine rings is 1. The third-order valence-electron chi connectivity index (χ3n) is 14.9. The molecule has 4 N–H and O–H groups in total. The lowest BCUT2D eigenvalue weighted by Gasteiger charge is -2.48. The number of hydrazine groups is 3. The van der Waals surface area contributed by atoms with Gasteiger partial charge in [-0.1, -0.05) is 42.5 Å². The molecule has 0 unspecified atom stereocenters. The van der Waals surface area contributed by atoms with E-state index >= 15 is 0 Å². The lowest BCUT2D eigenvalue weighted by atomic mass is 9.86. The lowest BCUT2D eigenvalue weighted by Crippen LogP contribution is -2.60. The largest absolute Gasteiger partial charge is 0.480 e. The van der Waals surface area contributed by atoms with Crippen molar-refractivity contribution in [1.82, 2.24) is 50.1 Å². The van der Waals surface area contributed by atoms with Gasteiger partial charge in [0.1, 0.15) is 12.4 Å². The fraction of sp³-hybridized carbons (Fsp3) is 0.420. The minimum Gasteiger partial charge on any atom is -0.480 e. The van der Waals surface area contributed by atoms with Gasteiger partial charge in [0, 0.05) is 63.5 Å². The Morgan fingerprint density at radius 1 is 0.786 bits per heavy atom. The zero-order valence-corrected chi connectivity index (χ0v) is 38.7. The number of nitrogens with zero attached hydrogens (tertiary/aromatic N) is 10. The molecule has 10 aliphatic rings. The summed E-state index contributed by atoms with van der Waals surface area (Å²) in [6.45, 7) is 5.65. The molecule has 20 nitrogen and oxygen atoms in total. The van der Waals surface area contributed by atoms with Crippen molar-refractivity contribution in [2.75, 3.05) is 61.3 Å². The molecule has 5 amide bonds. The van der Waals surface area contributed by atoms with Crippen molar-refractivity contribution in [1.29, 1.82) is 0 Å². The quantitative estimate of drug-likeness (QED) is 0.147. The number of hydrogen-bond donors (Lipinski definition) is 4. The molecule has 3 aromatic carbocycles. The van der Waals surface area contributed by atoms with Gasteiger partial charge in [-0.2, -0.15) is 0 Å². The highest BCUT2D eigenvalue weighted by molar-refractivity contribution is 6.24. The summed E-state index contributed by atoms with van der Waals surface area (Å²) in [4.78, 5) is 101.